The van der Waals surface area contributed by atoms with Crippen LogP contribution in [0.25, 0.3) is 0 Å². The first-order valence-electron chi connectivity index (χ1n) is 4.28. The van der Waals surface area contributed by atoms with Gasteiger partial charge in [-0.25, -0.2) is 0 Å². The zero-order valence-electron chi connectivity index (χ0n) is 7.43. The lowest BCUT2D eigenvalue weighted by Crippen LogP contribution is -2.32. The fourth-order valence-corrected chi connectivity index (χ4v) is 1.28. The topological polar surface area (TPSA) is 62.5 Å². The van der Waals surface area contributed by atoms with E-state index in [0.717, 1.165) is 0 Å². The van der Waals surface area contributed by atoms with Crippen LogP contribution in [0.15, 0.2) is 18.2 Å². The molecule has 1 aliphatic rings. The maximum atomic E-state index is 8.87. The molecule has 0 saturated heterocycles. The van der Waals surface area contributed by atoms with E-state index >= 15 is 0 Å². The molecule has 1 heterocycles. The minimum absolute atomic E-state index is 0.0871. The van der Waals surface area contributed by atoms with E-state index in [1.54, 1.807) is 18.2 Å². The van der Waals surface area contributed by atoms with E-state index in [-0.39, 0.29) is 12.7 Å². The Kier molecular flexibility index (Phi) is 2.25. The highest BCUT2D eigenvalue weighted by atomic mass is 16.6. The zero-order valence-corrected chi connectivity index (χ0v) is 7.43. The maximum Gasteiger partial charge on any atom is 0.163 e. The van der Waals surface area contributed by atoms with Crippen LogP contribution in [0.4, 0.5) is 0 Å². The largest absolute Gasteiger partial charge is 0.486 e. The molecule has 72 valence electrons. The number of fused-ring (bicyclic) bond motifs is 1. The molecule has 1 atom stereocenters. The van der Waals surface area contributed by atoms with E-state index in [1.807, 2.05) is 6.07 Å². The second-order valence-electron chi connectivity index (χ2n) is 3.01. The monoisotopic (exact) mass is 191 g/mol. The summed E-state index contributed by atoms with van der Waals surface area (Å²) in [4.78, 5) is 0. The Morgan fingerprint density at radius 2 is 2.36 bits per heavy atom. The van der Waals surface area contributed by atoms with Gasteiger partial charge in [0.2, 0.25) is 0 Å². The smallest absolute Gasteiger partial charge is 0.163 e. The quantitative estimate of drug-likeness (QED) is 0.709. The van der Waals surface area contributed by atoms with Gasteiger partial charge in [-0.1, -0.05) is 0 Å². The number of ether oxygens (including phenoxy) is 2. The second kappa shape index (κ2) is 3.56. The molecule has 4 heteroatoms. The van der Waals surface area contributed by atoms with Gasteiger partial charge in [0.1, 0.15) is 6.61 Å². The molecule has 0 aliphatic carbocycles. The zero-order chi connectivity index (χ0) is 9.97. The van der Waals surface area contributed by atoms with Crippen LogP contribution in [0.1, 0.15) is 5.56 Å². The van der Waals surface area contributed by atoms with Crippen LogP contribution in [0.2, 0.25) is 0 Å². The second-order valence-corrected chi connectivity index (χ2v) is 3.01. The van der Waals surface area contributed by atoms with E-state index < -0.39 is 0 Å². The van der Waals surface area contributed by atoms with Gasteiger partial charge in [-0.15, -0.1) is 0 Å². The summed E-state index contributed by atoms with van der Waals surface area (Å²) in [6, 6.07) is 6.98. The average Bonchev–Trinajstić information content (AvgIpc) is 2.27. The molecule has 2 rings (SSSR count). The highest BCUT2D eigenvalue weighted by molar-refractivity contribution is 5.47. The summed E-state index contributed by atoms with van der Waals surface area (Å²) in [5.41, 5.74) is 0.519. The van der Waals surface area contributed by atoms with Crippen molar-refractivity contribution >= 4 is 0 Å². The molecule has 0 radical (unpaired) electrons. The number of aliphatic hydroxyl groups is 1. The lowest BCUT2D eigenvalue weighted by molar-refractivity contribution is 0.0456. The predicted octanol–water partition coefficient (Wildman–Crippen LogP) is 0.690. The van der Waals surface area contributed by atoms with Crippen molar-refractivity contribution in [2.24, 2.45) is 0 Å². The van der Waals surface area contributed by atoms with E-state index in [2.05, 4.69) is 0 Å². The molecule has 0 aromatic heterocycles. The van der Waals surface area contributed by atoms with Gasteiger partial charge in [-0.05, 0) is 12.1 Å². The first-order valence-corrected chi connectivity index (χ1v) is 4.28. The molecular weight excluding hydrogens is 182 g/mol. The Hall–Kier alpha value is -1.73. The van der Waals surface area contributed by atoms with Crippen molar-refractivity contribution < 1.29 is 14.6 Å². The highest BCUT2D eigenvalue weighted by Gasteiger charge is 2.20. The van der Waals surface area contributed by atoms with Crippen molar-refractivity contribution in [3.63, 3.8) is 0 Å². The van der Waals surface area contributed by atoms with Crippen LogP contribution in [-0.4, -0.2) is 24.4 Å². The Morgan fingerprint density at radius 3 is 3.07 bits per heavy atom. The number of nitriles is 1. The van der Waals surface area contributed by atoms with Crippen molar-refractivity contribution in [3.05, 3.63) is 23.8 Å². The van der Waals surface area contributed by atoms with Gasteiger partial charge in [-0.3, -0.25) is 0 Å². The first kappa shape index (κ1) is 8.85. The van der Waals surface area contributed by atoms with Crippen LogP contribution in [0, 0.1) is 11.3 Å². The van der Waals surface area contributed by atoms with E-state index in [1.165, 1.54) is 0 Å². The molecule has 0 fully saturated rings. The van der Waals surface area contributed by atoms with Gasteiger partial charge in [-0.2, -0.15) is 5.26 Å². The summed E-state index contributed by atoms with van der Waals surface area (Å²) in [5.74, 6) is 1.14. The van der Waals surface area contributed by atoms with Gasteiger partial charge in [0, 0.05) is 6.07 Å². The normalized spacial score (nSPS) is 18.7. The fraction of sp³-hybridized carbons (Fsp3) is 0.300. The molecule has 1 unspecified atom stereocenters. The Balaban J connectivity index is 2.31. The lowest BCUT2D eigenvalue weighted by atomic mass is 10.2. The number of hydrogen-bond donors (Lipinski definition) is 1. The summed E-state index contributed by atoms with van der Waals surface area (Å²) in [6.07, 6.45) is -0.337. The highest BCUT2D eigenvalue weighted by Crippen LogP contribution is 2.32. The summed E-state index contributed by atoms with van der Waals surface area (Å²) in [6.45, 7) is 0.256. The lowest BCUT2D eigenvalue weighted by Gasteiger charge is -2.24. The van der Waals surface area contributed by atoms with Crippen LogP contribution >= 0.6 is 0 Å². The Labute approximate surface area is 81.3 Å². The summed E-state index contributed by atoms with van der Waals surface area (Å²) >= 11 is 0. The number of hydrogen-bond acceptors (Lipinski definition) is 4. The number of nitrogens with zero attached hydrogens (tertiary/aromatic N) is 1. The van der Waals surface area contributed by atoms with Crippen molar-refractivity contribution in [3.8, 4) is 17.6 Å². The number of benzene rings is 1. The number of rotatable bonds is 1. The SMILES string of the molecule is N#Cc1ccc2c(c1)OC(CO)CO2. The molecule has 0 spiro atoms. The number of aliphatic hydroxyl groups excluding tert-OH is 1. The summed E-state index contributed by atoms with van der Waals surface area (Å²) in [7, 11) is 0. The average molecular weight is 191 g/mol. The van der Waals surface area contributed by atoms with Crippen LogP contribution in [0.3, 0.4) is 0 Å². The van der Waals surface area contributed by atoms with E-state index in [9.17, 15) is 0 Å². The van der Waals surface area contributed by atoms with Gasteiger partial charge in [0.25, 0.3) is 0 Å². The third-order valence-electron chi connectivity index (χ3n) is 1.99. The molecule has 4 nitrogen and oxygen atoms in total. The Bertz CT molecular complexity index is 383. The molecule has 1 aromatic carbocycles. The van der Waals surface area contributed by atoms with Gasteiger partial charge >= 0.3 is 0 Å². The maximum absolute atomic E-state index is 8.87. The van der Waals surface area contributed by atoms with Crippen LogP contribution < -0.4 is 9.47 Å². The Morgan fingerprint density at radius 1 is 1.50 bits per heavy atom. The standard InChI is InChI=1S/C10H9NO3/c11-4-7-1-2-9-10(3-7)14-8(5-12)6-13-9/h1-3,8,12H,5-6H2. The predicted molar refractivity (Wildman–Crippen MR) is 48.2 cm³/mol. The molecule has 0 bridgehead atoms. The van der Waals surface area contributed by atoms with Crippen molar-refractivity contribution in [1.82, 2.24) is 0 Å². The molecule has 1 N–H and O–H groups in total. The van der Waals surface area contributed by atoms with Gasteiger partial charge in [0.05, 0.1) is 18.2 Å². The molecule has 1 aromatic rings. The third kappa shape index (κ3) is 1.50. The van der Waals surface area contributed by atoms with E-state index in [4.69, 9.17) is 19.8 Å². The minimum atomic E-state index is -0.337. The minimum Gasteiger partial charge on any atom is -0.486 e. The fourth-order valence-electron chi connectivity index (χ4n) is 1.28. The molecule has 1 aliphatic heterocycles. The molecule has 14 heavy (non-hydrogen) atoms. The third-order valence-corrected chi connectivity index (χ3v) is 1.99. The molecule has 0 saturated carbocycles. The molecular formula is C10H9NO3. The van der Waals surface area contributed by atoms with Gasteiger partial charge in [0.15, 0.2) is 17.6 Å². The summed E-state index contributed by atoms with van der Waals surface area (Å²) < 4.78 is 10.7. The van der Waals surface area contributed by atoms with Crippen molar-refractivity contribution in [1.29, 1.82) is 5.26 Å². The summed E-state index contributed by atoms with van der Waals surface area (Å²) in [5, 5.41) is 17.5. The van der Waals surface area contributed by atoms with Crippen molar-refractivity contribution in [2.45, 2.75) is 6.10 Å². The van der Waals surface area contributed by atoms with Crippen LogP contribution in [-0.2, 0) is 0 Å². The van der Waals surface area contributed by atoms with Crippen LogP contribution in [0.5, 0.6) is 11.5 Å². The molecule has 0 amide bonds. The van der Waals surface area contributed by atoms with E-state index in [0.29, 0.717) is 23.7 Å². The van der Waals surface area contributed by atoms with Crippen molar-refractivity contribution in [2.75, 3.05) is 13.2 Å². The van der Waals surface area contributed by atoms with Gasteiger partial charge < -0.3 is 14.6 Å². The first-order chi connectivity index (χ1) is 6.83.